The molecular formula is C24H20N2O3S. The van der Waals surface area contributed by atoms with Crippen LogP contribution in [0.4, 0.5) is 0 Å². The van der Waals surface area contributed by atoms with Gasteiger partial charge in [0.1, 0.15) is 6.61 Å². The lowest BCUT2D eigenvalue weighted by atomic mass is 9.96. The third kappa shape index (κ3) is 3.69. The maximum atomic E-state index is 13.4. The van der Waals surface area contributed by atoms with Crippen LogP contribution < -0.4 is 14.9 Å². The van der Waals surface area contributed by atoms with Crippen molar-refractivity contribution in [3.05, 3.63) is 115 Å². The van der Waals surface area contributed by atoms with E-state index in [2.05, 4.69) is 11.6 Å². The number of ether oxygens (including phenoxy) is 1. The Labute approximate surface area is 177 Å². The number of carbonyl (C=O) groups excluding carboxylic acids is 1. The molecule has 1 atom stereocenters. The smallest absolute Gasteiger partial charge is 0.338 e. The quantitative estimate of drug-likeness (QED) is 0.475. The van der Waals surface area contributed by atoms with Crippen LogP contribution in [-0.4, -0.2) is 17.1 Å². The van der Waals surface area contributed by atoms with Crippen LogP contribution in [0, 0.1) is 0 Å². The first kappa shape index (κ1) is 19.8. The van der Waals surface area contributed by atoms with Gasteiger partial charge >= 0.3 is 5.97 Å². The van der Waals surface area contributed by atoms with Crippen LogP contribution >= 0.6 is 11.3 Å². The van der Waals surface area contributed by atoms with Crippen molar-refractivity contribution in [2.24, 2.45) is 4.99 Å². The van der Waals surface area contributed by atoms with E-state index in [1.165, 1.54) is 17.4 Å². The van der Waals surface area contributed by atoms with Gasteiger partial charge < -0.3 is 4.74 Å². The molecule has 2 aromatic carbocycles. The monoisotopic (exact) mass is 416 g/mol. The molecule has 0 N–H and O–H groups in total. The minimum Gasteiger partial charge on any atom is -0.458 e. The van der Waals surface area contributed by atoms with Crippen LogP contribution in [0.2, 0.25) is 0 Å². The van der Waals surface area contributed by atoms with E-state index in [0.29, 0.717) is 20.6 Å². The zero-order valence-corrected chi connectivity index (χ0v) is 17.3. The number of thiazole rings is 1. The first-order valence-electron chi connectivity index (χ1n) is 9.50. The van der Waals surface area contributed by atoms with Gasteiger partial charge in [-0.05, 0) is 24.1 Å². The highest BCUT2D eigenvalue weighted by molar-refractivity contribution is 7.07. The minimum absolute atomic E-state index is 0.0928. The number of aromatic nitrogens is 1. The predicted molar refractivity (Wildman–Crippen MR) is 118 cm³/mol. The SMILES string of the molecule is C=CCOC(=O)C1=C(C)N=c2s/c(=C/c3ccccc3)c(=O)n2[C@@H]1c1ccccc1. The Morgan fingerprint density at radius 3 is 2.50 bits per heavy atom. The molecule has 4 rings (SSSR count). The second kappa shape index (κ2) is 8.47. The number of fused-ring (bicyclic) bond motifs is 1. The number of rotatable bonds is 5. The fourth-order valence-electron chi connectivity index (χ4n) is 3.45. The van der Waals surface area contributed by atoms with Gasteiger partial charge in [-0.2, -0.15) is 0 Å². The molecule has 0 radical (unpaired) electrons. The molecule has 0 aliphatic carbocycles. The van der Waals surface area contributed by atoms with Gasteiger partial charge in [-0.3, -0.25) is 9.36 Å². The van der Waals surface area contributed by atoms with Crippen molar-refractivity contribution in [2.45, 2.75) is 13.0 Å². The zero-order valence-electron chi connectivity index (χ0n) is 16.4. The summed E-state index contributed by atoms with van der Waals surface area (Å²) in [5.41, 5.74) is 2.48. The average Bonchev–Trinajstić information content (AvgIpc) is 3.07. The second-order valence-corrected chi connectivity index (χ2v) is 7.80. The standard InChI is InChI=1S/C24H20N2O3S/c1-3-14-29-23(28)20-16(2)25-24-26(21(20)18-12-8-5-9-13-18)22(27)19(30-24)15-17-10-6-4-7-11-17/h3-13,15,21H,1,14H2,2H3/b19-15+/t21-/m1/s1. The van der Waals surface area contributed by atoms with E-state index < -0.39 is 12.0 Å². The Morgan fingerprint density at radius 2 is 1.83 bits per heavy atom. The Bertz CT molecular complexity index is 1300. The maximum Gasteiger partial charge on any atom is 0.338 e. The molecule has 1 aliphatic heterocycles. The molecule has 0 unspecified atom stereocenters. The molecule has 150 valence electrons. The zero-order chi connectivity index (χ0) is 21.1. The fraction of sp³-hybridized carbons (Fsp3) is 0.125. The highest BCUT2D eigenvalue weighted by Crippen LogP contribution is 2.30. The van der Waals surface area contributed by atoms with Crippen LogP contribution in [0.25, 0.3) is 6.08 Å². The lowest BCUT2D eigenvalue weighted by Gasteiger charge is -2.24. The minimum atomic E-state index is -0.599. The summed E-state index contributed by atoms with van der Waals surface area (Å²) in [6.07, 6.45) is 3.36. The molecule has 2 heterocycles. The van der Waals surface area contributed by atoms with Crippen LogP contribution in [-0.2, 0) is 9.53 Å². The van der Waals surface area contributed by atoms with Gasteiger partial charge in [-0.15, -0.1) is 0 Å². The van der Waals surface area contributed by atoms with Crippen LogP contribution in [0.1, 0.15) is 24.1 Å². The van der Waals surface area contributed by atoms with Gasteiger partial charge in [0.2, 0.25) is 0 Å². The first-order valence-corrected chi connectivity index (χ1v) is 10.3. The summed E-state index contributed by atoms with van der Waals surface area (Å²) in [5, 5.41) is 0. The predicted octanol–water partition coefficient (Wildman–Crippen LogP) is 2.96. The van der Waals surface area contributed by atoms with Crippen molar-refractivity contribution < 1.29 is 9.53 Å². The summed E-state index contributed by atoms with van der Waals surface area (Å²) < 4.78 is 7.47. The van der Waals surface area contributed by atoms with Crippen molar-refractivity contribution in [3.8, 4) is 0 Å². The number of nitrogens with zero attached hydrogens (tertiary/aromatic N) is 2. The number of esters is 1. The van der Waals surface area contributed by atoms with E-state index in [1.54, 1.807) is 11.5 Å². The number of hydrogen-bond donors (Lipinski definition) is 0. The van der Waals surface area contributed by atoms with Gasteiger partial charge in [0, 0.05) is 0 Å². The summed E-state index contributed by atoms with van der Waals surface area (Å²) in [7, 11) is 0. The Kier molecular flexibility index (Phi) is 5.59. The third-order valence-electron chi connectivity index (χ3n) is 4.79. The molecule has 0 bridgehead atoms. The first-order chi connectivity index (χ1) is 14.6. The van der Waals surface area contributed by atoms with Crippen molar-refractivity contribution in [1.82, 2.24) is 4.57 Å². The topological polar surface area (TPSA) is 60.7 Å². The van der Waals surface area contributed by atoms with Crippen LogP contribution in [0.5, 0.6) is 0 Å². The molecule has 0 spiro atoms. The van der Waals surface area contributed by atoms with Gasteiger partial charge in [0.15, 0.2) is 4.80 Å². The second-order valence-electron chi connectivity index (χ2n) is 6.79. The third-order valence-corrected chi connectivity index (χ3v) is 5.77. The van der Waals surface area contributed by atoms with Gasteiger partial charge in [-0.1, -0.05) is 84.7 Å². The molecule has 6 heteroatoms. The summed E-state index contributed by atoms with van der Waals surface area (Å²) in [6.45, 7) is 5.46. The Morgan fingerprint density at radius 1 is 1.17 bits per heavy atom. The summed E-state index contributed by atoms with van der Waals surface area (Å²) >= 11 is 1.32. The Balaban J connectivity index is 1.93. The number of benzene rings is 2. The van der Waals surface area contributed by atoms with Crippen molar-refractivity contribution in [3.63, 3.8) is 0 Å². The van der Waals surface area contributed by atoms with Crippen molar-refractivity contribution in [1.29, 1.82) is 0 Å². The molecule has 0 saturated heterocycles. The Hall–Kier alpha value is -3.51. The van der Waals surface area contributed by atoms with Gasteiger partial charge in [0.25, 0.3) is 5.56 Å². The summed E-state index contributed by atoms with van der Waals surface area (Å²) in [4.78, 5) is 31.4. The maximum absolute atomic E-state index is 13.4. The molecule has 3 aromatic rings. The molecule has 0 fully saturated rings. The van der Waals surface area contributed by atoms with E-state index in [0.717, 1.165) is 11.1 Å². The van der Waals surface area contributed by atoms with Gasteiger partial charge in [0.05, 0.1) is 21.8 Å². The molecule has 0 saturated carbocycles. The van der Waals surface area contributed by atoms with Crippen LogP contribution in [0.3, 0.4) is 0 Å². The largest absolute Gasteiger partial charge is 0.458 e. The molecular weight excluding hydrogens is 396 g/mol. The van der Waals surface area contributed by atoms with E-state index in [-0.39, 0.29) is 12.2 Å². The molecule has 1 aromatic heterocycles. The lowest BCUT2D eigenvalue weighted by molar-refractivity contribution is -0.138. The summed E-state index contributed by atoms with van der Waals surface area (Å²) in [5.74, 6) is -0.498. The van der Waals surface area contributed by atoms with E-state index >= 15 is 0 Å². The molecule has 1 aliphatic rings. The molecule has 0 amide bonds. The number of carbonyl (C=O) groups is 1. The summed E-state index contributed by atoms with van der Waals surface area (Å²) in [6, 6.07) is 18.5. The van der Waals surface area contributed by atoms with E-state index in [9.17, 15) is 9.59 Å². The number of allylic oxidation sites excluding steroid dienone is 1. The fourth-order valence-corrected chi connectivity index (χ4v) is 4.49. The van der Waals surface area contributed by atoms with Crippen molar-refractivity contribution >= 4 is 23.4 Å². The van der Waals surface area contributed by atoms with Crippen molar-refractivity contribution in [2.75, 3.05) is 6.61 Å². The molecule has 30 heavy (non-hydrogen) atoms. The van der Waals surface area contributed by atoms with E-state index in [1.807, 2.05) is 66.7 Å². The number of hydrogen-bond acceptors (Lipinski definition) is 5. The average molecular weight is 417 g/mol. The lowest BCUT2D eigenvalue weighted by Crippen LogP contribution is -2.39. The molecule has 5 nitrogen and oxygen atoms in total. The van der Waals surface area contributed by atoms with E-state index in [4.69, 9.17) is 4.74 Å². The normalized spacial score (nSPS) is 16.0. The van der Waals surface area contributed by atoms with Gasteiger partial charge in [-0.25, -0.2) is 9.79 Å². The van der Waals surface area contributed by atoms with Crippen LogP contribution in [0.15, 0.2) is 94.4 Å². The highest BCUT2D eigenvalue weighted by Gasteiger charge is 2.33. The highest BCUT2D eigenvalue weighted by atomic mass is 32.1.